The summed E-state index contributed by atoms with van der Waals surface area (Å²) >= 11 is 0. The van der Waals surface area contributed by atoms with Gasteiger partial charge in [-0.05, 0) is 6.07 Å². The van der Waals surface area contributed by atoms with Gasteiger partial charge in [0.05, 0.1) is 23.9 Å². The van der Waals surface area contributed by atoms with E-state index >= 15 is 0 Å². The van der Waals surface area contributed by atoms with Gasteiger partial charge < -0.3 is 9.88 Å². The fourth-order valence-corrected chi connectivity index (χ4v) is 1.89. The quantitative estimate of drug-likeness (QED) is 0.759. The largest absolute Gasteiger partial charge is 0.376 e. The molecule has 1 aromatic carbocycles. The number of hydrogen-bond donors (Lipinski definition) is 1. The normalized spacial score (nSPS) is 10.7. The summed E-state index contributed by atoms with van der Waals surface area (Å²) in [5, 5.41) is 12.5. The first-order valence-corrected chi connectivity index (χ1v) is 5.75. The van der Waals surface area contributed by atoms with E-state index < -0.39 is 0 Å². The van der Waals surface area contributed by atoms with Crippen LogP contribution in [0.25, 0.3) is 10.9 Å². The Morgan fingerprint density at radius 2 is 2.17 bits per heavy atom. The smallest absolute Gasteiger partial charge is 0.127 e. The van der Waals surface area contributed by atoms with Crippen LogP contribution in [0.15, 0.2) is 42.9 Å². The van der Waals surface area contributed by atoms with E-state index in [1.54, 1.807) is 12.4 Å². The van der Waals surface area contributed by atoms with E-state index in [9.17, 15) is 0 Å². The Morgan fingerprint density at radius 3 is 3.00 bits per heavy atom. The molecule has 2 aromatic heterocycles. The number of fused-ring (bicyclic) bond motifs is 1. The highest BCUT2D eigenvalue weighted by atomic mass is 15.1. The minimum atomic E-state index is 0.666. The molecule has 3 aromatic rings. The maximum Gasteiger partial charge on any atom is 0.127 e. The third kappa shape index (κ3) is 1.90. The molecule has 90 valence electrons. The summed E-state index contributed by atoms with van der Waals surface area (Å²) in [6.07, 6.45) is 5.46. The Bertz CT molecular complexity index is 668. The molecule has 18 heavy (non-hydrogen) atoms. The molecule has 0 aliphatic rings. The van der Waals surface area contributed by atoms with Crippen molar-refractivity contribution in [2.45, 2.75) is 6.54 Å². The molecular formula is C13H13N5. The van der Waals surface area contributed by atoms with E-state index in [0.717, 1.165) is 22.4 Å². The Labute approximate surface area is 104 Å². The van der Waals surface area contributed by atoms with E-state index in [-0.39, 0.29) is 0 Å². The van der Waals surface area contributed by atoms with Crippen LogP contribution in [0.2, 0.25) is 0 Å². The number of imidazole rings is 1. The lowest BCUT2D eigenvalue weighted by Crippen LogP contribution is -2.06. The first-order valence-electron chi connectivity index (χ1n) is 5.75. The Hall–Kier alpha value is -2.43. The number of anilines is 1. The summed E-state index contributed by atoms with van der Waals surface area (Å²) in [6.45, 7) is 0.666. The van der Waals surface area contributed by atoms with Crippen molar-refractivity contribution in [3.8, 4) is 0 Å². The number of nitrogens with zero attached hydrogens (tertiary/aromatic N) is 4. The van der Waals surface area contributed by atoms with Crippen LogP contribution >= 0.6 is 0 Å². The van der Waals surface area contributed by atoms with E-state index in [4.69, 9.17) is 0 Å². The van der Waals surface area contributed by atoms with Gasteiger partial charge in [-0.3, -0.25) is 0 Å². The Kier molecular flexibility index (Phi) is 2.64. The molecule has 0 spiro atoms. The van der Waals surface area contributed by atoms with Crippen molar-refractivity contribution in [3.05, 3.63) is 48.7 Å². The van der Waals surface area contributed by atoms with Crippen LogP contribution in [0, 0.1) is 0 Å². The van der Waals surface area contributed by atoms with E-state index in [2.05, 4.69) is 20.5 Å². The summed E-state index contributed by atoms with van der Waals surface area (Å²) in [5.74, 6) is 0.982. The van der Waals surface area contributed by atoms with Crippen LogP contribution in [0.4, 0.5) is 5.69 Å². The topological polar surface area (TPSA) is 55.6 Å². The van der Waals surface area contributed by atoms with Crippen molar-refractivity contribution in [2.75, 3.05) is 5.32 Å². The molecule has 0 saturated heterocycles. The zero-order chi connectivity index (χ0) is 12.4. The molecular weight excluding hydrogens is 226 g/mol. The highest BCUT2D eigenvalue weighted by Crippen LogP contribution is 2.20. The lowest BCUT2D eigenvalue weighted by atomic mass is 10.2. The summed E-state index contributed by atoms with van der Waals surface area (Å²) < 4.78 is 1.99. The number of hydrogen-bond acceptors (Lipinski definition) is 4. The first-order chi connectivity index (χ1) is 8.84. The maximum absolute atomic E-state index is 4.28. The van der Waals surface area contributed by atoms with Crippen molar-refractivity contribution in [1.29, 1.82) is 0 Å². The van der Waals surface area contributed by atoms with Crippen molar-refractivity contribution in [3.63, 3.8) is 0 Å². The zero-order valence-electron chi connectivity index (χ0n) is 10.0. The summed E-state index contributed by atoms with van der Waals surface area (Å²) in [6, 6.07) is 7.94. The molecule has 0 amide bonds. The highest BCUT2D eigenvalue weighted by Gasteiger charge is 2.03. The van der Waals surface area contributed by atoms with Gasteiger partial charge in [-0.25, -0.2) is 4.98 Å². The molecule has 2 heterocycles. The molecule has 0 bridgehead atoms. The highest BCUT2D eigenvalue weighted by molar-refractivity contribution is 5.90. The minimum Gasteiger partial charge on any atom is -0.376 e. The van der Waals surface area contributed by atoms with Gasteiger partial charge in [0.25, 0.3) is 0 Å². The first kappa shape index (κ1) is 10.7. The van der Waals surface area contributed by atoms with Gasteiger partial charge in [-0.15, -0.1) is 0 Å². The van der Waals surface area contributed by atoms with Gasteiger partial charge in [0, 0.05) is 24.8 Å². The van der Waals surface area contributed by atoms with Gasteiger partial charge >= 0.3 is 0 Å². The average molecular weight is 239 g/mol. The minimum absolute atomic E-state index is 0.666. The van der Waals surface area contributed by atoms with Crippen LogP contribution in [0.3, 0.4) is 0 Å². The number of benzene rings is 1. The van der Waals surface area contributed by atoms with Gasteiger partial charge in [-0.2, -0.15) is 10.2 Å². The van der Waals surface area contributed by atoms with Crippen molar-refractivity contribution >= 4 is 16.6 Å². The lowest BCUT2D eigenvalue weighted by molar-refractivity contribution is 0.812. The van der Waals surface area contributed by atoms with Crippen LogP contribution < -0.4 is 5.32 Å². The van der Waals surface area contributed by atoms with Crippen LogP contribution in [-0.4, -0.2) is 19.7 Å². The number of aromatic nitrogens is 4. The summed E-state index contributed by atoms with van der Waals surface area (Å²) in [7, 11) is 1.98. The number of rotatable bonds is 3. The molecule has 0 saturated carbocycles. The van der Waals surface area contributed by atoms with E-state index in [1.807, 2.05) is 42.1 Å². The molecule has 0 aliphatic heterocycles. The zero-order valence-corrected chi connectivity index (χ0v) is 10.0. The third-order valence-corrected chi connectivity index (χ3v) is 2.90. The molecule has 0 aliphatic carbocycles. The van der Waals surface area contributed by atoms with Crippen molar-refractivity contribution < 1.29 is 0 Å². The number of nitrogens with one attached hydrogen (secondary N) is 1. The van der Waals surface area contributed by atoms with Crippen LogP contribution in [-0.2, 0) is 13.6 Å². The predicted molar refractivity (Wildman–Crippen MR) is 70.1 cm³/mol. The fraction of sp³-hybridized carbons (Fsp3) is 0.154. The molecule has 0 radical (unpaired) electrons. The second-order valence-corrected chi connectivity index (χ2v) is 4.08. The van der Waals surface area contributed by atoms with Crippen LogP contribution in [0.5, 0.6) is 0 Å². The second-order valence-electron chi connectivity index (χ2n) is 4.08. The number of aryl methyl sites for hydroxylation is 1. The summed E-state index contributed by atoms with van der Waals surface area (Å²) in [4.78, 5) is 4.28. The summed E-state index contributed by atoms with van der Waals surface area (Å²) in [5.41, 5.74) is 1.87. The van der Waals surface area contributed by atoms with Crippen LogP contribution in [0.1, 0.15) is 5.82 Å². The molecule has 0 unspecified atom stereocenters. The molecule has 3 rings (SSSR count). The molecule has 0 atom stereocenters. The van der Waals surface area contributed by atoms with Gasteiger partial charge in [-0.1, -0.05) is 18.2 Å². The fourth-order valence-electron chi connectivity index (χ4n) is 1.89. The predicted octanol–water partition coefficient (Wildman–Crippen LogP) is 1.98. The average Bonchev–Trinajstić information content (AvgIpc) is 2.82. The SMILES string of the molecule is Cn1ccnc1CNc1cnnc2ccccc12. The second kappa shape index (κ2) is 4.44. The Balaban J connectivity index is 1.89. The monoisotopic (exact) mass is 239 g/mol. The van der Waals surface area contributed by atoms with Crippen molar-refractivity contribution in [2.24, 2.45) is 7.05 Å². The lowest BCUT2D eigenvalue weighted by Gasteiger charge is -2.08. The maximum atomic E-state index is 4.28. The third-order valence-electron chi connectivity index (χ3n) is 2.90. The van der Waals surface area contributed by atoms with E-state index in [0.29, 0.717) is 6.54 Å². The molecule has 5 nitrogen and oxygen atoms in total. The van der Waals surface area contributed by atoms with Gasteiger partial charge in [0.1, 0.15) is 5.82 Å². The molecule has 1 N–H and O–H groups in total. The van der Waals surface area contributed by atoms with E-state index in [1.165, 1.54) is 0 Å². The standard InChI is InChI=1S/C13H13N5/c1-18-7-6-14-13(18)9-15-12-8-16-17-11-5-3-2-4-10(11)12/h2-8H,9H2,1H3,(H,15,17). The molecule has 5 heteroatoms. The molecule has 0 fully saturated rings. The van der Waals surface area contributed by atoms with Gasteiger partial charge in [0.2, 0.25) is 0 Å². The Morgan fingerprint density at radius 1 is 1.28 bits per heavy atom. The van der Waals surface area contributed by atoms with Crippen molar-refractivity contribution in [1.82, 2.24) is 19.7 Å². The van der Waals surface area contributed by atoms with Gasteiger partial charge in [0.15, 0.2) is 0 Å².